The number of benzene rings is 1. The Balaban J connectivity index is 2.06. The summed E-state index contributed by atoms with van der Waals surface area (Å²) >= 11 is 5.71. The smallest absolute Gasteiger partial charge is 0.336 e. The molecule has 24 heavy (non-hydrogen) atoms. The third kappa shape index (κ3) is 3.23. The van der Waals surface area contributed by atoms with Crippen LogP contribution >= 0.6 is 11.6 Å². The molecule has 11 heteroatoms. The number of nitrogens with zero attached hydrogens (tertiary/aromatic N) is 6. The lowest BCUT2D eigenvalue weighted by Gasteiger charge is -2.11. The first kappa shape index (κ1) is 16.0. The molecule has 0 saturated heterocycles. The van der Waals surface area contributed by atoms with Gasteiger partial charge in [-0.05, 0) is 28.6 Å². The van der Waals surface area contributed by atoms with E-state index in [4.69, 9.17) is 21.1 Å². The van der Waals surface area contributed by atoms with Gasteiger partial charge in [-0.2, -0.15) is 13.5 Å². The Kier molecular flexibility index (Phi) is 4.47. The molecule has 0 fully saturated rings. The minimum Gasteiger partial charge on any atom is -0.497 e. The number of aromatic nitrogens is 6. The molecule has 0 bridgehead atoms. The van der Waals surface area contributed by atoms with Crippen LogP contribution < -0.4 is 9.47 Å². The molecule has 0 saturated carbocycles. The Hall–Kier alpha value is -2.88. The molecule has 0 atom stereocenters. The number of tetrazole rings is 1. The second kappa shape index (κ2) is 6.71. The maximum atomic E-state index is 13.0. The molecule has 0 aliphatic heterocycles. The summed E-state index contributed by atoms with van der Waals surface area (Å²) in [7, 11) is 1.44. The number of halogens is 3. The molecule has 0 radical (unpaired) electrons. The average Bonchev–Trinajstić information content (AvgIpc) is 3.07. The van der Waals surface area contributed by atoms with E-state index in [-0.39, 0.29) is 23.1 Å². The average molecular weight is 355 g/mol. The maximum Gasteiger partial charge on any atom is 0.336 e. The van der Waals surface area contributed by atoms with Crippen LogP contribution in [-0.4, -0.2) is 37.3 Å². The van der Waals surface area contributed by atoms with Gasteiger partial charge in [0.25, 0.3) is 0 Å². The van der Waals surface area contributed by atoms with Gasteiger partial charge in [0.15, 0.2) is 5.82 Å². The molecule has 2 heterocycles. The van der Waals surface area contributed by atoms with Crippen molar-refractivity contribution in [2.45, 2.75) is 6.55 Å². The Bertz CT molecular complexity index is 843. The van der Waals surface area contributed by atoms with Crippen molar-refractivity contribution in [2.24, 2.45) is 0 Å². The van der Waals surface area contributed by atoms with Gasteiger partial charge in [0.05, 0.1) is 30.1 Å². The van der Waals surface area contributed by atoms with Gasteiger partial charge < -0.3 is 9.47 Å². The number of methoxy groups -OCH3 is 1. The summed E-state index contributed by atoms with van der Waals surface area (Å²) in [5.74, 6) is 0.404. The SMILES string of the molecule is COc1ccc(Oc2ncc(Cl)cn2)c(-c2nnnn2C(F)F)c1. The topological polar surface area (TPSA) is 87.8 Å². The molecule has 0 N–H and O–H groups in total. The van der Waals surface area contributed by atoms with E-state index < -0.39 is 6.55 Å². The van der Waals surface area contributed by atoms with Crippen molar-refractivity contribution in [3.05, 3.63) is 35.6 Å². The van der Waals surface area contributed by atoms with Crippen LogP contribution in [0.5, 0.6) is 17.5 Å². The monoisotopic (exact) mass is 354 g/mol. The summed E-state index contributed by atoms with van der Waals surface area (Å²) in [6.07, 6.45) is 2.69. The maximum absolute atomic E-state index is 13.0. The molecule has 0 aliphatic rings. The summed E-state index contributed by atoms with van der Waals surface area (Å²) in [4.78, 5) is 7.79. The largest absolute Gasteiger partial charge is 0.497 e. The Labute approximate surface area is 139 Å². The predicted molar refractivity (Wildman–Crippen MR) is 78.2 cm³/mol. The lowest BCUT2D eigenvalue weighted by Crippen LogP contribution is -2.04. The zero-order chi connectivity index (χ0) is 17.1. The summed E-state index contributed by atoms with van der Waals surface area (Å²) in [5, 5.41) is 10.5. The number of rotatable bonds is 5. The van der Waals surface area contributed by atoms with Crippen molar-refractivity contribution in [2.75, 3.05) is 7.11 Å². The van der Waals surface area contributed by atoms with Crippen LogP contribution in [0, 0.1) is 0 Å². The van der Waals surface area contributed by atoms with Gasteiger partial charge in [-0.25, -0.2) is 9.97 Å². The third-order valence-electron chi connectivity index (χ3n) is 2.90. The van der Waals surface area contributed by atoms with Crippen LogP contribution in [0.1, 0.15) is 6.55 Å². The van der Waals surface area contributed by atoms with E-state index in [1.807, 2.05) is 0 Å². The van der Waals surface area contributed by atoms with Gasteiger partial charge >= 0.3 is 12.6 Å². The molecule has 3 rings (SSSR count). The summed E-state index contributed by atoms with van der Waals surface area (Å²) in [6, 6.07) is 4.56. The summed E-state index contributed by atoms with van der Waals surface area (Å²) < 4.78 is 37.1. The van der Waals surface area contributed by atoms with Crippen LogP contribution in [-0.2, 0) is 0 Å². The van der Waals surface area contributed by atoms with Crippen LogP contribution in [0.15, 0.2) is 30.6 Å². The quantitative estimate of drug-likeness (QED) is 0.696. The van der Waals surface area contributed by atoms with E-state index >= 15 is 0 Å². The predicted octanol–water partition coefficient (Wildman–Crippen LogP) is 2.98. The molecule has 8 nitrogen and oxygen atoms in total. The summed E-state index contributed by atoms with van der Waals surface area (Å²) in [5.41, 5.74) is 0.193. The van der Waals surface area contributed by atoms with Crippen molar-refractivity contribution in [1.29, 1.82) is 0 Å². The number of alkyl halides is 2. The fourth-order valence-electron chi connectivity index (χ4n) is 1.85. The van der Waals surface area contributed by atoms with Crippen molar-refractivity contribution in [3.63, 3.8) is 0 Å². The van der Waals surface area contributed by atoms with Crippen LogP contribution in [0.4, 0.5) is 8.78 Å². The third-order valence-corrected chi connectivity index (χ3v) is 3.10. The Morgan fingerprint density at radius 3 is 2.62 bits per heavy atom. The molecule has 3 aromatic rings. The molecule has 2 aromatic heterocycles. The van der Waals surface area contributed by atoms with E-state index in [2.05, 4.69) is 25.5 Å². The number of hydrogen-bond donors (Lipinski definition) is 0. The minimum atomic E-state index is -2.92. The second-order valence-electron chi connectivity index (χ2n) is 4.37. The lowest BCUT2D eigenvalue weighted by atomic mass is 10.1. The van der Waals surface area contributed by atoms with Gasteiger partial charge in [0.2, 0.25) is 0 Å². The van der Waals surface area contributed by atoms with Crippen LogP contribution in [0.25, 0.3) is 11.4 Å². The van der Waals surface area contributed by atoms with Crippen LogP contribution in [0.2, 0.25) is 5.02 Å². The highest BCUT2D eigenvalue weighted by molar-refractivity contribution is 6.30. The second-order valence-corrected chi connectivity index (χ2v) is 4.81. The van der Waals surface area contributed by atoms with Gasteiger partial charge in [0, 0.05) is 0 Å². The zero-order valence-electron chi connectivity index (χ0n) is 12.1. The van der Waals surface area contributed by atoms with Crippen LogP contribution in [0.3, 0.4) is 0 Å². The highest BCUT2D eigenvalue weighted by Gasteiger charge is 2.21. The van der Waals surface area contributed by atoms with E-state index in [1.165, 1.54) is 31.6 Å². The van der Waals surface area contributed by atoms with Crippen molar-refractivity contribution < 1.29 is 18.3 Å². The van der Waals surface area contributed by atoms with Gasteiger partial charge in [-0.3, -0.25) is 0 Å². The lowest BCUT2D eigenvalue weighted by molar-refractivity contribution is 0.0564. The molecule has 1 aromatic carbocycles. The fourth-order valence-corrected chi connectivity index (χ4v) is 1.95. The van der Waals surface area contributed by atoms with E-state index in [1.54, 1.807) is 6.07 Å². The first-order valence-corrected chi connectivity index (χ1v) is 6.86. The molecule has 124 valence electrons. The first-order valence-electron chi connectivity index (χ1n) is 6.48. The molecule has 0 amide bonds. The van der Waals surface area contributed by atoms with Crippen molar-refractivity contribution >= 4 is 11.6 Å². The minimum absolute atomic E-state index is 0.0121. The summed E-state index contributed by atoms with van der Waals surface area (Å²) in [6.45, 7) is -2.92. The molecular weight excluding hydrogens is 346 g/mol. The number of ether oxygens (including phenoxy) is 2. The fraction of sp³-hybridized carbons (Fsp3) is 0.154. The highest BCUT2D eigenvalue weighted by atomic mass is 35.5. The number of hydrogen-bond acceptors (Lipinski definition) is 7. The Morgan fingerprint density at radius 1 is 1.21 bits per heavy atom. The molecule has 0 spiro atoms. The van der Waals surface area contributed by atoms with Gasteiger partial charge in [-0.15, -0.1) is 5.10 Å². The van der Waals surface area contributed by atoms with Gasteiger partial charge in [-0.1, -0.05) is 11.6 Å². The zero-order valence-corrected chi connectivity index (χ0v) is 12.9. The van der Waals surface area contributed by atoms with E-state index in [0.29, 0.717) is 15.5 Å². The highest BCUT2D eigenvalue weighted by Crippen LogP contribution is 2.35. The van der Waals surface area contributed by atoms with Gasteiger partial charge in [0.1, 0.15) is 11.5 Å². The standard InChI is InChI=1S/C13H9ClF2N6O2/c1-23-8-2-3-10(24-13-17-5-7(14)6-18-13)9(4-8)11-19-20-21-22(11)12(15)16/h2-6,12H,1H3. The van der Waals surface area contributed by atoms with Crippen molar-refractivity contribution in [1.82, 2.24) is 30.2 Å². The Morgan fingerprint density at radius 2 is 1.96 bits per heavy atom. The van der Waals surface area contributed by atoms with E-state index in [0.717, 1.165) is 0 Å². The normalized spacial score (nSPS) is 10.9. The molecule has 0 unspecified atom stereocenters. The molecular formula is C13H9ClF2N6O2. The van der Waals surface area contributed by atoms with E-state index in [9.17, 15) is 8.78 Å². The first-order chi connectivity index (χ1) is 11.6. The van der Waals surface area contributed by atoms with Crippen molar-refractivity contribution in [3.8, 4) is 28.9 Å². The molecule has 0 aliphatic carbocycles.